The molecule has 1 N–H and O–H groups in total. The molecule has 0 aliphatic carbocycles. The lowest BCUT2D eigenvalue weighted by Gasteiger charge is -2.09. The fraction of sp³-hybridized carbons (Fsp3) is 0.385. The van der Waals surface area contributed by atoms with Crippen molar-refractivity contribution >= 4 is 15.8 Å². The zero-order valence-corrected chi connectivity index (χ0v) is 11.6. The molecule has 0 saturated heterocycles. The van der Waals surface area contributed by atoms with Gasteiger partial charge in [-0.1, -0.05) is 32.1 Å². The molecule has 0 heterocycles. The van der Waals surface area contributed by atoms with Crippen molar-refractivity contribution in [3.63, 3.8) is 0 Å². The molecule has 0 bridgehead atoms. The van der Waals surface area contributed by atoms with E-state index in [0.29, 0.717) is 17.9 Å². The van der Waals surface area contributed by atoms with Gasteiger partial charge in [0.25, 0.3) is 0 Å². The van der Waals surface area contributed by atoms with Crippen LogP contribution in [0.15, 0.2) is 35.7 Å². The highest BCUT2D eigenvalue weighted by molar-refractivity contribution is 7.89. The summed E-state index contributed by atoms with van der Waals surface area (Å²) in [5.74, 6) is 0.445. The van der Waals surface area contributed by atoms with Crippen molar-refractivity contribution in [3.05, 3.63) is 36.4 Å². The molecule has 1 aromatic rings. The van der Waals surface area contributed by atoms with E-state index in [-0.39, 0.29) is 4.90 Å². The Morgan fingerprint density at radius 3 is 2.78 bits per heavy atom. The van der Waals surface area contributed by atoms with Crippen LogP contribution >= 0.6 is 0 Å². The lowest BCUT2D eigenvalue weighted by Crippen LogP contribution is -2.24. The molecule has 0 aliphatic heterocycles. The first-order valence-electron chi connectivity index (χ1n) is 5.84. The number of ether oxygens (including phenoxy) is 1. The summed E-state index contributed by atoms with van der Waals surface area (Å²) in [6.07, 6.45) is 1.77. The Labute approximate surface area is 109 Å². The van der Waals surface area contributed by atoms with E-state index < -0.39 is 10.0 Å². The quantitative estimate of drug-likeness (QED) is 0.611. The summed E-state index contributed by atoms with van der Waals surface area (Å²) in [5.41, 5.74) is 0.663. The Balaban J connectivity index is 2.92. The van der Waals surface area contributed by atoms with Crippen molar-refractivity contribution in [2.75, 3.05) is 13.7 Å². The minimum absolute atomic E-state index is 0.231. The standard InChI is InChI=1S/C13H19NO3S/c1-4-5-9-14-18(15,16)13-8-6-7-12(10-13)11(2)17-3/h6-8,10,14H,2,4-5,9H2,1,3H3. The average Bonchev–Trinajstić information content (AvgIpc) is 2.38. The molecular weight excluding hydrogens is 250 g/mol. The SMILES string of the molecule is C=C(OC)c1cccc(S(=O)(=O)NCCCC)c1. The van der Waals surface area contributed by atoms with E-state index in [1.165, 1.54) is 7.11 Å². The summed E-state index contributed by atoms with van der Waals surface area (Å²) >= 11 is 0. The Morgan fingerprint density at radius 1 is 1.44 bits per heavy atom. The molecule has 0 atom stereocenters. The second-order valence-corrected chi connectivity index (χ2v) is 5.67. The first-order valence-corrected chi connectivity index (χ1v) is 7.32. The van der Waals surface area contributed by atoms with Crippen molar-refractivity contribution in [2.45, 2.75) is 24.7 Å². The second kappa shape index (κ2) is 6.56. The molecule has 18 heavy (non-hydrogen) atoms. The Hall–Kier alpha value is -1.33. The first kappa shape index (κ1) is 14.7. The molecule has 1 rings (SSSR count). The maximum atomic E-state index is 12.0. The number of sulfonamides is 1. The third kappa shape index (κ3) is 3.85. The molecule has 100 valence electrons. The summed E-state index contributed by atoms with van der Waals surface area (Å²) in [6, 6.07) is 6.55. The summed E-state index contributed by atoms with van der Waals surface area (Å²) in [7, 11) is -1.94. The van der Waals surface area contributed by atoms with Crippen LogP contribution in [0.4, 0.5) is 0 Å². The van der Waals surface area contributed by atoms with E-state index in [4.69, 9.17) is 4.74 Å². The third-order valence-electron chi connectivity index (χ3n) is 2.54. The highest BCUT2D eigenvalue weighted by Crippen LogP contribution is 2.17. The molecule has 0 aromatic heterocycles. The fourth-order valence-electron chi connectivity index (χ4n) is 1.42. The Morgan fingerprint density at radius 2 is 2.17 bits per heavy atom. The van der Waals surface area contributed by atoms with Crippen LogP contribution in [0.1, 0.15) is 25.3 Å². The van der Waals surface area contributed by atoms with Crippen LogP contribution in [0.3, 0.4) is 0 Å². The smallest absolute Gasteiger partial charge is 0.240 e. The van der Waals surface area contributed by atoms with E-state index in [1.54, 1.807) is 24.3 Å². The van der Waals surface area contributed by atoms with E-state index in [2.05, 4.69) is 11.3 Å². The minimum Gasteiger partial charge on any atom is -0.497 e. The number of unbranched alkanes of at least 4 members (excludes halogenated alkanes) is 1. The van der Waals surface area contributed by atoms with Crippen LogP contribution in [0.25, 0.3) is 5.76 Å². The number of nitrogens with one attached hydrogen (secondary N) is 1. The van der Waals surface area contributed by atoms with Gasteiger partial charge in [0, 0.05) is 12.1 Å². The lowest BCUT2D eigenvalue weighted by atomic mass is 10.2. The van der Waals surface area contributed by atoms with Gasteiger partial charge >= 0.3 is 0 Å². The van der Waals surface area contributed by atoms with Gasteiger partial charge in [0.15, 0.2) is 0 Å². The lowest BCUT2D eigenvalue weighted by molar-refractivity contribution is 0.371. The zero-order chi connectivity index (χ0) is 13.6. The van der Waals surface area contributed by atoms with Gasteiger partial charge in [0.05, 0.1) is 12.0 Å². The number of methoxy groups -OCH3 is 1. The molecule has 0 radical (unpaired) electrons. The molecule has 0 fully saturated rings. The van der Waals surface area contributed by atoms with Gasteiger partial charge < -0.3 is 4.74 Å². The van der Waals surface area contributed by atoms with Crippen molar-refractivity contribution in [1.82, 2.24) is 4.72 Å². The fourth-order valence-corrected chi connectivity index (χ4v) is 2.54. The number of benzene rings is 1. The van der Waals surface area contributed by atoms with Gasteiger partial charge in [-0.25, -0.2) is 13.1 Å². The summed E-state index contributed by atoms with van der Waals surface area (Å²) < 4.78 is 31.5. The maximum absolute atomic E-state index is 12.0. The van der Waals surface area contributed by atoms with Crippen LogP contribution < -0.4 is 4.72 Å². The predicted molar refractivity (Wildman–Crippen MR) is 72.6 cm³/mol. The van der Waals surface area contributed by atoms with Crippen molar-refractivity contribution in [3.8, 4) is 0 Å². The van der Waals surface area contributed by atoms with E-state index in [9.17, 15) is 8.42 Å². The molecule has 5 heteroatoms. The van der Waals surface area contributed by atoms with Gasteiger partial charge in [-0.3, -0.25) is 0 Å². The van der Waals surface area contributed by atoms with Gasteiger partial charge in [0.1, 0.15) is 5.76 Å². The van der Waals surface area contributed by atoms with Gasteiger partial charge in [0.2, 0.25) is 10.0 Å². The normalized spacial score (nSPS) is 11.2. The van der Waals surface area contributed by atoms with Crippen molar-refractivity contribution < 1.29 is 13.2 Å². The Bertz CT molecular complexity index is 509. The molecule has 1 aromatic carbocycles. The molecule has 0 unspecified atom stereocenters. The van der Waals surface area contributed by atoms with Crippen LogP contribution in [0.2, 0.25) is 0 Å². The average molecular weight is 269 g/mol. The van der Waals surface area contributed by atoms with Crippen molar-refractivity contribution in [2.24, 2.45) is 0 Å². The molecular formula is C13H19NO3S. The summed E-state index contributed by atoms with van der Waals surface area (Å²) in [4.78, 5) is 0.231. The van der Waals surface area contributed by atoms with Gasteiger partial charge in [-0.15, -0.1) is 0 Å². The van der Waals surface area contributed by atoms with Gasteiger partial charge in [-0.2, -0.15) is 0 Å². The third-order valence-corrected chi connectivity index (χ3v) is 3.99. The minimum atomic E-state index is -3.44. The van der Waals surface area contributed by atoms with Crippen LogP contribution in [0.5, 0.6) is 0 Å². The highest BCUT2D eigenvalue weighted by atomic mass is 32.2. The highest BCUT2D eigenvalue weighted by Gasteiger charge is 2.14. The number of hydrogen-bond acceptors (Lipinski definition) is 3. The largest absolute Gasteiger partial charge is 0.497 e. The molecule has 0 saturated carbocycles. The van der Waals surface area contributed by atoms with Gasteiger partial charge in [-0.05, 0) is 18.6 Å². The topological polar surface area (TPSA) is 55.4 Å². The first-order chi connectivity index (χ1) is 8.51. The molecule has 4 nitrogen and oxygen atoms in total. The van der Waals surface area contributed by atoms with Crippen LogP contribution in [-0.4, -0.2) is 22.1 Å². The van der Waals surface area contributed by atoms with E-state index in [1.807, 2.05) is 6.92 Å². The number of hydrogen-bond donors (Lipinski definition) is 1. The molecule has 0 spiro atoms. The van der Waals surface area contributed by atoms with E-state index >= 15 is 0 Å². The van der Waals surface area contributed by atoms with Crippen LogP contribution in [-0.2, 0) is 14.8 Å². The predicted octanol–water partition coefficient (Wildman–Crippen LogP) is 2.38. The maximum Gasteiger partial charge on any atom is 0.240 e. The number of rotatable bonds is 7. The second-order valence-electron chi connectivity index (χ2n) is 3.91. The summed E-state index contributed by atoms with van der Waals surface area (Å²) in [6.45, 7) is 6.17. The summed E-state index contributed by atoms with van der Waals surface area (Å²) in [5, 5.41) is 0. The van der Waals surface area contributed by atoms with Crippen molar-refractivity contribution in [1.29, 1.82) is 0 Å². The van der Waals surface area contributed by atoms with Crippen LogP contribution in [0, 0.1) is 0 Å². The molecule has 0 amide bonds. The Kier molecular flexibility index (Phi) is 5.37. The zero-order valence-electron chi connectivity index (χ0n) is 10.8. The van der Waals surface area contributed by atoms with E-state index in [0.717, 1.165) is 12.8 Å². The monoisotopic (exact) mass is 269 g/mol. The molecule has 0 aliphatic rings.